The number of benzene rings is 3. The highest BCUT2D eigenvalue weighted by Crippen LogP contribution is 2.50. The maximum absolute atomic E-state index is 13.2. The molecule has 3 atom stereocenters. The predicted molar refractivity (Wildman–Crippen MR) is 199 cm³/mol. The van der Waals surface area contributed by atoms with Gasteiger partial charge >= 0.3 is 18.2 Å². The van der Waals surface area contributed by atoms with Crippen LogP contribution >= 0.6 is 11.6 Å². The van der Waals surface area contributed by atoms with Gasteiger partial charge in [-0.2, -0.15) is 28.1 Å². The van der Waals surface area contributed by atoms with Crippen molar-refractivity contribution in [1.29, 1.82) is 0 Å². The zero-order valence-electron chi connectivity index (χ0n) is 30.5. The van der Waals surface area contributed by atoms with Crippen molar-refractivity contribution in [2.24, 2.45) is 5.92 Å². The first-order chi connectivity index (χ1) is 27.2. The fourth-order valence-corrected chi connectivity index (χ4v) is 6.41. The first kappa shape index (κ1) is 40.8. The molecule has 0 radical (unpaired) electrons. The van der Waals surface area contributed by atoms with Gasteiger partial charge in [-0.25, -0.2) is 9.18 Å². The zero-order chi connectivity index (χ0) is 40.7. The van der Waals surface area contributed by atoms with Crippen LogP contribution in [0.5, 0.6) is 6.01 Å². The number of hydrogen-bond donors (Lipinski definition) is 4. The number of esters is 1. The van der Waals surface area contributed by atoms with Gasteiger partial charge in [0.15, 0.2) is 6.61 Å². The molecule has 4 N–H and O–H groups in total. The average Bonchev–Trinajstić information content (AvgIpc) is 4.13. The lowest BCUT2D eigenvalue weighted by Crippen LogP contribution is -2.44. The van der Waals surface area contributed by atoms with Crippen LogP contribution in [0.2, 0.25) is 5.02 Å². The predicted octanol–water partition coefficient (Wildman–Crippen LogP) is 6.38. The Labute approximate surface area is 329 Å². The van der Waals surface area contributed by atoms with Gasteiger partial charge < -0.3 is 30.7 Å². The average molecular weight is 812 g/mol. The Bertz CT molecular complexity index is 2090. The fourth-order valence-electron chi connectivity index (χ4n) is 6.28. The molecule has 0 spiro atoms. The highest BCUT2D eigenvalue weighted by molar-refractivity contribution is 6.36. The molecule has 6 rings (SSSR count). The second kappa shape index (κ2) is 17.5. The van der Waals surface area contributed by atoms with E-state index in [1.54, 1.807) is 24.3 Å². The lowest BCUT2D eigenvalue weighted by atomic mass is 10.1. The number of ether oxygens (including phenoxy) is 2. The number of methoxy groups -OCH3 is 1. The molecule has 300 valence electrons. The van der Waals surface area contributed by atoms with Crippen LogP contribution in [0.1, 0.15) is 65.9 Å². The van der Waals surface area contributed by atoms with Crippen LogP contribution in [0.25, 0.3) is 0 Å². The molecule has 2 amide bonds. The van der Waals surface area contributed by atoms with Crippen LogP contribution < -0.4 is 26.0 Å². The monoisotopic (exact) mass is 811 g/mol. The number of hydrogen-bond acceptors (Lipinski definition) is 11. The summed E-state index contributed by atoms with van der Waals surface area (Å²) in [4.78, 5) is 62.9. The number of halogens is 5. The molecular weight excluding hydrogens is 774 g/mol. The first-order valence-electron chi connectivity index (χ1n) is 18.0. The Kier molecular flexibility index (Phi) is 12.6. The smallest absolute Gasteiger partial charge is 0.422 e. The molecule has 2 aliphatic rings. The summed E-state index contributed by atoms with van der Waals surface area (Å²) < 4.78 is 61.8. The number of aromatic nitrogens is 3. The number of nitrogens with zero attached hydrogens (tertiary/aromatic N) is 3. The van der Waals surface area contributed by atoms with Gasteiger partial charge in [-0.05, 0) is 104 Å². The second-order valence-corrected chi connectivity index (χ2v) is 14.2. The van der Waals surface area contributed by atoms with Crippen LogP contribution in [0.15, 0.2) is 72.8 Å². The molecule has 57 heavy (non-hydrogen) atoms. The number of nitrogens with one attached hydrogen (secondary N) is 4. The summed E-state index contributed by atoms with van der Waals surface area (Å²) >= 11 is 6.03. The minimum absolute atomic E-state index is 0.0301. The van der Waals surface area contributed by atoms with Crippen molar-refractivity contribution < 1.29 is 46.2 Å². The molecule has 3 aromatic carbocycles. The Morgan fingerprint density at radius 1 is 0.930 bits per heavy atom. The molecule has 13 nitrogen and oxygen atoms in total. The standard InChI is InChI=1S/C39H38ClF4N7O6/c1-56-34(55)30(16-19-45-33(54)31(52)15-6-24-20-29(24)22-2-11-27(41)12-3-22)47-32(53)23-4-13-28(14-5-23)46-35-48-36(50-37(49-35)57-21-39(42,43)44)51-38(17-18-38)25-7-9-26(40)10-8-25/h2-5,7-14,24,29-30H,6,15-21H2,1H3,(H,45,54)(H,47,53)(H2,46,48,49,50,51)/t24?,29?,30-/m1/s1. The van der Waals surface area contributed by atoms with Crippen LogP contribution in [0.4, 0.5) is 35.1 Å². The second-order valence-electron chi connectivity index (χ2n) is 13.8. The normalized spacial score (nSPS) is 17.1. The summed E-state index contributed by atoms with van der Waals surface area (Å²) in [5.74, 6) is -2.85. The number of rotatable bonds is 18. The summed E-state index contributed by atoms with van der Waals surface area (Å²) in [6.45, 7) is -1.73. The number of ketones is 1. The van der Waals surface area contributed by atoms with Gasteiger partial charge in [-0.3, -0.25) is 14.4 Å². The summed E-state index contributed by atoms with van der Waals surface area (Å²) in [5, 5.41) is 11.7. The zero-order valence-corrected chi connectivity index (χ0v) is 31.3. The van der Waals surface area contributed by atoms with E-state index in [0.717, 1.165) is 24.7 Å². The lowest BCUT2D eigenvalue weighted by Gasteiger charge is -2.19. The third-order valence-electron chi connectivity index (χ3n) is 9.61. The van der Waals surface area contributed by atoms with Crippen molar-refractivity contribution in [1.82, 2.24) is 25.6 Å². The van der Waals surface area contributed by atoms with Gasteiger partial charge in [0.25, 0.3) is 11.8 Å². The Hall–Kier alpha value is -5.84. The molecule has 18 heteroatoms. The van der Waals surface area contributed by atoms with Crippen molar-refractivity contribution in [2.75, 3.05) is 30.9 Å². The molecular formula is C39H38ClF4N7O6. The maximum Gasteiger partial charge on any atom is 0.422 e. The highest BCUT2D eigenvalue weighted by atomic mass is 35.5. The van der Waals surface area contributed by atoms with E-state index in [-0.39, 0.29) is 54.5 Å². The minimum Gasteiger partial charge on any atom is -0.467 e. The van der Waals surface area contributed by atoms with E-state index in [4.69, 9.17) is 21.1 Å². The maximum atomic E-state index is 13.2. The van der Waals surface area contributed by atoms with Crippen molar-refractivity contribution in [2.45, 2.75) is 62.2 Å². The quantitative estimate of drug-likeness (QED) is 0.0499. The molecule has 2 unspecified atom stereocenters. The Balaban J connectivity index is 1.02. The number of anilines is 3. The number of amides is 2. The number of Topliss-reactive ketones (excluding diaryl/α,β-unsaturated/α-hetero) is 1. The lowest BCUT2D eigenvalue weighted by molar-refractivity contribution is -0.154. The molecule has 1 aromatic heterocycles. The van der Waals surface area contributed by atoms with Crippen molar-refractivity contribution in [3.63, 3.8) is 0 Å². The van der Waals surface area contributed by atoms with Gasteiger partial charge in [0.05, 0.1) is 12.6 Å². The SMILES string of the molecule is COC(=O)[C@@H](CCNC(=O)C(=O)CCC1CC1c1ccc(F)cc1)NC(=O)c1ccc(Nc2nc(NC3(c4ccc(Cl)cc4)CC3)nc(OCC(F)(F)F)n2)cc1. The van der Waals surface area contributed by atoms with Gasteiger partial charge in [0.1, 0.15) is 11.9 Å². The summed E-state index contributed by atoms with van der Waals surface area (Å²) in [6, 6.07) is 17.4. The van der Waals surface area contributed by atoms with Crippen LogP contribution in [0, 0.1) is 11.7 Å². The van der Waals surface area contributed by atoms with E-state index in [9.17, 15) is 36.7 Å². The Morgan fingerprint density at radius 2 is 1.61 bits per heavy atom. The third-order valence-corrected chi connectivity index (χ3v) is 9.86. The van der Waals surface area contributed by atoms with Crippen LogP contribution in [0.3, 0.4) is 0 Å². The minimum atomic E-state index is -4.64. The Morgan fingerprint density at radius 3 is 2.26 bits per heavy atom. The largest absolute Gasteiger partial charge is 0.467 e. The summed E-state index contributed by atoms with van der Waals surface area (Å²) in [5.41, 5.74) is 1.82. The molecule has 2 fully saturated rings. The molecule has 0 aliphatic heterocycles. The molecule has 2 aliphatic carbocycles. The van der Waals surface area contributed by atoms with E-state index in [1.165, 1.54) is 36.4 Å². The molecule has 1 heterocycles. The van der Waals surface area contributed by atoms with Gasteiger partial charge in [-0.1, -0.05) is 35.9 Å². The highest BCUT2D eigenvalue weighted by Gasteiger charge is 2.45. The molecule has 0 saturated heterocycles. The van der Waals surface area contributed by atoms with Crippen LogP contribution in [-0.2, 0) is 24.7 Å². The number of alkyl halides is 3. The number of carbonyl (C=O) groups excluding carboxylic acids is 4. The van der Waals surface area contributed by atoms with Crippen molar-refractivity contribution in [3.8, 4) is 6.01 Å². The van der Waals surface area contributed by atoms with E-state index in [1.807, 2.05) is 12.1 Å². The topological polar surface area (TPSA) is 174 Å². The van der Waals surface area contributed by atoms with E-state index in [2.05, 4.69) is 36.2 Å². The molecule has 0 bridgehead atoms. The number of carbonyl (C=O) groups is 4. The van der Waals surface area contributed by atoms with Crippen LogP contribution in [-0.4, -0.2) is 71.0 Å². The van der Waals surface area contributed by atoms with E-state index in [0.29, 0.717) is 30.0 Å². The summed E-state index contributed by atoms with van der Waals surface area (Å²) in [6.07, 6.45) is -1.88. The van der Waals surface area contributed by atoms with Crippen molar-refractivity contribution in [3.05, 3.63) is 100 Å². The van der Waals surface area contributed by atoms with Gasteiger partial charge in [0, 0.05) is 29.2 Å². The summed E-state index contributed by atoms with van der Waals surface area (Å²) in [7, 11) is 1.14. The van der Waals surface area contributed by atoms with Gasteiger partial charge in [0.2, 0.25) is 17.7 Å². The fraction of sp³-hybridized carbons (Fsp3) is 0.359. The third kappa shape index (κ3) is 11.4. The van der Waals surface area contributed by atoms with E-state index < -0.39 is 53.9 Å². The van der Waals surface area contributed by atoms with Gasteiger partial charge in [-0.15, -0.1) is 0 Å². The van der Waals surface area contributed by atoms with E-state index >= 15 is 0 Å². The molecule has 4 aromatic rings. The molecule has 2 saturated carbocycles. The van der Waals surface area contributed by atoms with Crippen molar-refractivity contribution >= 4 is 52.8 Å². The first-order valence-corrected chi connectivity index (χ1v) is 18.4.